The molecule has 1 aliphatic rings. The number of hydrogen-bond acceptors (Lipinski definition) is 6. The molecule has 1 atom stereocenters. The molecule has 186 valence electrons. The summed E-state index contributed by atoms with van der Waals surface area (Å²) >= 11 is 0. The van der Waals surface area contributed by atoms with Crippen molar-refractivity contribution in [2.24, 2.45) is 7.05 Å². The quantitative estimate of drug-likeness (QED) is 0.397. The maximum Gasteiger partial charge on any atom is 0.255 e. The molecule has 2 amide bonds. The van der Waals surface area contributed by atoms with Crippen molar-refractivity contribution in [1.82, 2.24) is 25.0 Å². The van der Waals surface area contributed by atoms with E-state index in [1.54, 1.807) is 52.3 Å². The largest absolute Gasteiger partial charge is 0.383 e. The first kappa shape index (κ1) is 23.9. The average molecular weight is 495 g/mol. The number of aryl methyl sites for hydroxylation is 1. The van der Waals surface area contributed by atoms with Crippen LogP contribution in [0.5, 0.6) is 0 Å². The van der Waals surface area contributed by atoms with Crippen molar-refractivity contribution in [3.8, 4) is 22.3 Å². The number of nitrogen functional groups attached to an aromatic ring is 1. The average Bonchev–Trinajstić information content (AvgIpc) is 3.58. The van der Waals surface area contributed by atoms with Crippen LogP contribution >= 0.6 is 0 Å². The van der Waals surface area contributed by atoms with Gasteiger partial charge in [-0.3, -0.25) is 19.1 Å². The van der Waals surface area contributed by atoms with Crippen LogP contribution in [0.1, 0.15) is 37.5 Å². The molecule has 4 aromatic rings. The van der Waals surface area contributed by atoms with Crippen LogP contribution in [-0.2, 0) is 7.05 Å². The highest BCUT2D eigenvalue weighted by molar-refractivity contribution is 6.00. The Balaban J connectivity index is 1.22. The summed E-state index contributed by atoms with van der Waals surface area (Å²) < 4.78 is 1.68. The molecule has 0 aliphatic carbocycles. The Hall–Kier alpha value is -4.79. The topological polar surface area (TPSA) is 123 Å². The number of anilines is 1. The Morgan fingerprint density at radius 1 is 1.00 bits per heavy atom. The molecule has 2 aromatic heterocycles. The molecule has 0 unspecified atom stereocenters. The smallest absolute Gasteiger partial charge is 0.255 e. The van der Waals surface area contributed by atoms with Gasteiger partial charge in [0.05, 0.1) is 11.8 Å². The van der Waals surface area contributed by atoms with Crippen molar-refractivity contribution in [3.05, 3.63) is 89.9 Å². The number of aldehydes is 1. The van der Waals surface area contributed by atoms with E-state index in [2.05, 4.69) is 15.4 Å². The summed E-state index contributed by atoms with van der Waals surface area (Å²) in [5.74, 6) is -0.253. The molecular formula is C28H26N6O3. The molecule has 3 N–H and O–H groups in total. The molecule has 37 heavy (non-hydrogen) atoms. The number of carbonyl (C=O) groups is 3. The van der Waals surface area contributed by atoms with Crippen LogP contribution in [0.25, 0.3) is 22.3 Å². The van der Waals surface area contributed by atoms with Crippen LogP contribution in [0.15, 0.2) is 73.2 Å². The van der Waals surface area contributed by atoms with Crippen LogP contribution < -0.4 is 11.1 Å². The van der Waals surface area contributed by atoms with Gasteiger partial charge in [-0.2, -0.15) is 5.10 Å². The minimum Gasteiger partial charge on any atom is -0.383 e. The summed E-state index contributed by atoms with van der Waals surface area (Å²) in [5, 5.41) is 7.16. The summed E-state index contributed by atoms with van der Waals surface area (Å²) in [7, 11) is 1.82. The fourth-order valence-corrected chi connectivity index (χ4v) is 4.45. The molecule has 0 spiro atoms. The zero-order valence-corrected chi connectivity index (χ0v) is 20.3. The van der Waals surface area contributed by atoms with Gasteiger partial charge in [-0.25, -0.2) is 4.98 Å². The normalized spacial score (nSPS) is 14.9. The van der Waals surface area contributed by atoms with Crippen molar-refractivity contribution in [2.75, 3.05) is 18.8 Å². The van der Waals surface area contributed by atoms with Gasteiger partial charge in [-0.1, -0.05) is 36.4 Å². The SMILES string of the molecule is Cn1cc(-c2cnc(N)c(C(=O)N[C@@H]3CCN(C(=O)c4ccc(-c5ccc(C=O)cc5)cc4)C3)c2)cn1. The Bertz CT molecular complexity index is 1460. The standard InChI is InChI=1S/C28H26N6O3/c1-33-15-23(14-31-33)22-12-25(26(29)30-13-22)27(36)32-24-10-11-34(16-24)28(37)21-8-6-20(7-9-21)19-4-2-18(17-35)3-5-19/h2-9,12-15,17,24H,10-11,16H2,1H3,(H2,29,30)(H,32,36)/t24-/m1/s1. The number of pyridine rings is 1. The lowest BCUT2D eigenvalue weighted by molar-refractivity contribution is 0.0783. The predicted octanol–water partition coefficient (Wildman–Crippen LogP) is 3.19. The van der Waals surface area contributed by atoms with E-state index in [1.807, 2.05) is 37.5 Å². The van der Waals surface area contributed by atoms with Gasteiger partial charge in [-0.15, -0.1) is 0 Å². The Morgan fingerprint density at radius 2 is 1.70 bits per heavy atom. The van der Waals surface area contributed by atoms with Crippen LogP contribution in [0, 0.1) is 0 Å². The summed E-state index contributed by atoms with van der Waals surface area (Å²) in [6.07, 6.45) is 6.61. The maximum atomic E-state index is 13.1. The lowest BCUT2D eigenvalue weighted by Gasteiger charge is -2.18. The van der Waals surface area contributed by atoms with Crippen molar-refractivity contribution in [3.63, 3.8) is 0 Å². The highest BCUT2D eigenvalue weighted by atomic mass is 16.2. The molecule has 1 aliphatic heterocycles. The van der Waals surface area contributed by atoms with Crippen LogP contribution in [0.2, 0.25) is 0 Å². The number of nitrogens with one attached hydrogen (secondary N) is 1. The van der Waals surface area contributed by atoms with E-state index in [4.69, 9.17) is 5.73 Å². The van der Waals surface area contributed by atoms with Crippen molar-refractivity contribution in [1.29, 1.82) is 0 Å². The molecule has 2 aromatic carbocycles. The lowest BCUT2D eigenvalue weighted by Crippen LogP contribution is -2.38. The van der Waals surface area contributed by atoms with E-state index >= 15 is 0 Å². The van der Waals surface area contributed by atoms with Crippen molar-refractivity contribution < 1.29 is 14.4 Å². The van der Waals surface area contributed by atoms with Gasteiger partial charge in [-0.05, 0) is 35.7 Å². The third-order valence-electron chi connectivity index (χ3n) is 6.52. The number of carbonyl (C=O) groups excluding carboxylic acids is 3. The van der Waals surface area contributed by atoms with Gasteiger partial charge < -0.3 is 16.0 Å². The molecule has 9 nitrogen and oxygen atoms in total. The Labute approximate surface area is 213 Å². The minimum absolute atomic E-state index is 0.0839. The summed E-state index contributed by atoms with van der Waals surface area (Å²) in [5.41, 5.74) is 11.0. The molecule has 5 rings (SSSR count). The molecule has 9 heteroatoms. The first-order chi connectivity index (χ1) is 17.9. The number of benzene rings is 2. The zero-order chi connectivity index (χ0) is 25.9. The second-order valence-corrected chi connectivity index (χ2v) is 9.09. The van der Waals surface area contributed by atoms with Crippen molar-refractivity contribution >= 4 is 23.9 Å². The van der Waals surface area contributed by atoms with E-state index in [0.717, 1.165) is 28.5 Å². The van der Waals surface area contributed by atoms with Gasteiger partial charge in [0.1, 0.15) is 12.1 Å². The van der Waals surface area contributed by atoms with Crippen LogP contribution in [0.4, 0.5) is 5.82 Å². The van der Waals surface area contributed by atoms with Crippen LogP contribution in [-0.4, -0.2) is 56.9 Å². The van der Waals surface area contributed by atoms with Gasteiger partial charge in [0.2, 0.25) is 0 Å². The lowest BCUT2D eigenvalue weighted by atomic mass is 10.0. The highest BCUT2D eigenvalue weighted by Gasteiger charge is 2.29. The summed E-state index contributed by atoms with van der Waals surface area (Å²) in [6.45, 7) is 0.956. The molecule has 1 fully saturated rings. The monoisotopic (exact) mass is 494 g/mol. The Morgan fingerprint density at radius 3 is 2.35 bits per heavy atom. The predicted molar refractivity (Wildman–Crippen MR) is 140 cm³/mol. The van der Waals surface area contributed by atoms with Crippen LogP contribution in [0.3, 0.4) is 0 Å². The Kier molecular flexibility index (Phi) is 6.51. The number of amides is 2. The number of hydrogen-bond donors (Lipinski definition) is 2. The molecule has 1 saturated heterocycles. The van der Waals surface area contributed by atoms with E-state index < -0.39 is 0 Å². The number of nitrogens with zero attached hydrogens (tertiary/aromatic N) is 4. The van der Waals surface area contributed by atoms with Gasteiger partial charge in [0.15, 0.2) is 0 Å². The molecule has 0 saturated carbocycles. The third-order valence-corrected chi connectivity index (χ3v) is 6.52. The summed E-state index contributed by atoms with van der Waals surface area (Å²) in [4.78, 5) is 42.9. The second kappa shape index (κ2) is 10.1. The fourth-order valence-electron chi connectivity index (χ4n) is 4.45. The highest BCUT2D eigenvalue weighted by Crippen LogP contribution is 2.23. The maximum absolute atomic E-state index is 13.1. The first-order valence-corrected chi connectivity index (χ1v) is 11.9. The number of aromatic nitrogens is 3. The number of likely N-dealkylation sites (tertiary alicyclic amines) is 1. The first-order valence-electron chi connectivity index (χ1n) is 11.9. The second-order valence-electron chi connectivity index (χ2n) is 9.09. The number of rotatable bonds is 6. The molecule has 3 heterocycles. The van der Waals surface area contributed by atoms with Gasteiger partial charge in [0, 0.05) is 60.8 Å². The molecular weight excluding hydrogens is 468 g/mol. The van der Waals surface area contributed by atoms with E-state index in [0.29, 0.717) is 36.2 Å². The fraction of sp³-hybridized carbons (Fsp3) is 0.179. The van der Waals surface area contributed by atoms with E-state index in [9.17, 15) is 14.4 Å². The van der Waals surface area contributed by atoms with Gasteiger partial charge >= 0.3 is 0 Å². The minimum atomic E-state index is -0.319. The zero-order valence-electron chi connectivity index (χ0n) is 20.3. The summed E-state index contributed by atoms with van der Waals surface area (Å²) in [6, 6.07) is 16.2. The molecule has 0 bridgehead atoms. The number of nitrogens with two attached hydrogens (primary N) is 1. The third kappa shape index (κ3) is 5.11. The van der Waals surface area contributed by atoms with Gasteiger partial charge in [0.25, 0.3) is 11.8 Å². The molecule has 0 radical (unpaired) electrons. The van der Waals surface area contributed by atoms with E-state index in [-0.39, 0.29) is 23.7 Å². The van der Waals surface area contributed by atoms with E-state index in [1.165, 1.54) is 0 Å². The van der Waals surface area contributed by atoms with Crippen molar-refractivity contribution in [2.45, 2.75) is 12.5 Å².